The topological polar surface area (TPSA) is 68.0 Å². The number of nitrogens with two attached hydrogens (primary N) is 1. The van der Waals surface area contributed by atoms with Gasteiger partial charge < -0.3 is 11.1 Å². The predicted molar refractivity (Wildman–Crippen MR) is 77.8 cm³/mol. The fourth-order valence-electron chi connectivity index (χ4n) is 1.53. The van der Waals surface area contributed by atoms with Gasteiger partial charge in [-0.3, -0.25) is 4.79 Å². The van der Waals surface area contributed by atoms with Crippen molar-refractivity contribution in [3.63, 3.8) is 0 Å². The summed E-state index contributed by atoms with van der Waals surface area (Å²) in [5.74, 6) is -0.283. The first-order valence-electron chi connectivity index (χ1n) is 5.47. The molecule has 0 radical (unpaired) electrons. The molecule has 2 aromatic rings. The van der Waals surface area contributed by atoms with E-state index in [4.69, 9.17) is 28.9 Å². The Balaban J connectivity index is 2.23. The second-order valence-corrected chi connectivity index (χ2v) is 4.75. The van der Waals surface area contributed by atoms with Gasteiger partial charge in [0.05, 0.1) is 22.1 Å². The van der Waals surface area contributed by atoms with Crippen LogP contribution in [0.2, 0.25) is 10.2 Å². The van der Waals surface area contributed by atoms with Gasteiger partial charge >= 0.3 is 0 Å². The SMILES string of the molecule is Cc1nc(Cl)ccc1NC(=O)c1ccc(N)c(Cl)c1. The van der Waals surface area contributed by atoms with Crippen LogP contribution in [0.3, 0.4) is 0 Å². The minimum absolute atomic E-state index is 0.283. The Hall–Kier alpha value is -1.78. The van der Waals surface area contributed by atoms with E-state index >= 15 is 0 Å². The van der Waals surface area contributed by atoms with Crippen molar-refractivity contribution < 1.29 is 4.79 Å². The highest BCUT2D eigenvalue weighted by Crippen LogP contribution is 2.21. The molecule has 0 saturated heterocycles. The molecule has 1 heterocycles. The average Bonchev–Trinajstić information content (AvgIpc) is 2.36. The van der Waals surface area contributed by atoms with E-state index in [1.807, 2.05) is 0 Å². The van der Waals surface area contributed by atoms with E-state index in [1.165, 1.54) is 6.07 Å². The first kappa shape index (κ1) is 13.6. The van der Waals surface area contributed by atoms with Gasteiger partial charge in [0, 0.05) is 5.56 Å². The van der Waals surface area contributed by atoms with Crippen LogP contribution in [-0.4, -0.2) is 10.9 Å². The lowest BCUT2D eigenvalue weighted by molar-refractivity contribution is 0.102. The number of pyridine rings is 1. The van der Waals surface area contributed by atoms with Crippen molar-refractivity contribution in [1.82, 2.24) is 4.98 Å². The number of nitrogen functional groups attached to an aromatic ring is 1. The van der Waals surface area contributed by atoms with Crippen LogP contribution in [0.5, 0.6) is 0 Å². The fourth-order valence-corrected chi connectivity index (χ4v) is 1.90. The number of nitrogens with one attached hydrogen (secondary N) is 1. The van der Waals surface area contributed by atoms with Gasteiger partial charge in [-0.05, 0) is 37.3 Å². The summed E-state index contributed by atoms with van der Waals surface area (Å²) in [6.07, 6.45) is 0. The Morgan fingerprint density at radius 1 is 1.26 bits per heavy atom. The number of halogens is 2. The molecule has 4 nitrogen and oxygen atoms in total. The van der Waals surface area contributed by atoms with Gasteiger partial charge in [0.15, 0.2) is 0 Å². The van der Waals surface area contributed by atoms with Crippen molar-refractivity contribution in [2.75, 3.05) is 11.1 Å². The number of rotatable bonds is 2. The van der Waals surface area contributed by atoms with E-state index in [0.29, 0.717) is 32.8 Å². The molecule has 0 unspecified atom stereocenters. The number of aryl methyl sites for hydroxylation is 1. The van der Waals surface area contributed by atoms with E-state index in [9.17, 15) is 4.79 Å². The van der Waals surface area contributed by atoms with E-state index in [2.05, 4.69) is 10.3 Å². The van der Waals surface area contributed by atoms with Crippen molar-refractivity contribution in [3.05, 3.63) is 51.8 Å². The minimum Gasteiger partial charge on any atom is -0.398 e. The molecule has 1 amide bonds. The van der Waals surface area contributed by atoms with Crippen molar-refractivity contribution in [1.29, 1.82) is 0 Å². The lowest BCUT2D eigenvalue weighted by atomic mass is 10.2. The zero-order valence-electron chi connectivity index (χ0n) is 10.1. The molecule has 0 bridgehead atoms. The van der Waals surface area contributed by atoms with Crippen molar-refractivity contribution in [2.24, 2.45) is 0 Å². The van der Waals surface area contributed by atoms with Crippen LogP contribution >= 0.6 is 23.2 Å². The molecule has 3 N–H and O–H groups in total. The molecule has 0 aliphatic carbocycles. The standard InChI is InChI=1S/C13H11Cl2N3O/c1-7-11(4-5-12(15)17-7)18-13(19)8-2-3-10(16)9(14)6-8/h2-6H,16H2,1H3,(H,18,19). The highest BCUT2D eigenvalue weighted by atomic mass is 35.5. The Bertz CT molecular complexity index is 644. The molecule has 0 saturated carbocycles. The zero-order chi connectivity index (χ0) is 14.0. The van der Waals surface area contributed by atoms with Crippen LogP contribution in [0.1, 0.15) is 16.1 Å². The summed E-state index contributed by atoms with van der Waals surface area (Å²) >= 11 is 11.6. The maximum atomic E-state index is 12.0. The van der Waals surface area contributed by atoms with Crippen LogP contribution in [0.15, 0.2) is 30.3 Å². The fraction of sp³-hybridized carbons (Fsp3) is 0.0769. The molecule has 0 fully saturated rings. The Morgan fingerprint density at radius 3 is 2.63 bits per heavy atom. The number of aromatic nitrogens is 1. The molecule has 6 heteroatoms. The van der Waals surface area contributed by atoms with Crippen molar-refractivity contribution in [3.8, 4) is 0 Å². The van der Waals surface area contributed by atoms with Gasteiger partial charge in [0.2, 0.25) is 0 Å². The van der Waals surface area contributed by atoms with E-state index in [-0.39, 0.29) is 5.91 Å². The van der Waals surface area contributed by atoms with E-state index < -0.39 is 0 Å². The molecule has 0 aliphatic rings. The van der Waals surface area contributed by atoms with Gasteiger partial charge in [0.25, 0.3) is 5.91 Å². The summed E-state index contributed by atoms with van der Waals surface area (Å²) in [5.41, 5.74) is 7.69. The third-order valence-electron chi connectivity index (χ3n) is 2.56. The third kappa shape index (κ3) is 3.16. The summed E-state index contributed by atoms with van der Waals surface area (Å²) in [6, 6.07) is 8.02. The maximum absolute atomic E-state index is 12.0. The summed E-state index contributed by atoms with van der Waals surface area (Å²) in [4.78, 5) is 16.1. The Kier molecular flexibility index (Phi) is 3.93. The van der Waals surface area contributed by atoms with Crippen LogP contribution in [0, 0.1) is 6.92 Å². The Morgan fingerprint density at radius 2 is 2.00 bits per heavy atom. The second kappa shape index (κ2) is 5.47. The minimum atomic E-state index is -0.283. The number of carbonyl (C=O) groups excluding carboxylic acids is 1. The summed E-state index contributed by atoms with van der Waals surface area (Å²) < 4.78 is 0. The molecule has 19 heavy (non-hydrogen) atoms. The van der Waals surface area contributed by atoms with Crippen LogP contribution in [0.4, 0.5) is 11.4 Å². The largest absolute Gasteiger partial charge is 0.398 e. The van der Waals surface area contributed by atoms with Gasteiger partial charge in [-0.1, -0.05) is 23.2 Å². The summed E-state index contributed by atoms with van der Waals surface area (Å²) in [7, 11) is 0. The van der Waals surface area contributed by atoms with Crippen molar-refractivity contribution >= 4 is 40.5 Å². The molecule has 1 aromatic heterocycles. The van der Waals surface area contributed by atoms with Gasteiger partial charge in [-0.25, -0.2) is 4.98 Å². The first-order chi connectivity index (χ1) is 8.97. The lowest BCUT2D eigenvalue weighted by Crippen LogP contribution is -2.13. The summed E-state index contributed by atoms with van der Waals surface area (Å²) in [6.45, 7) is 1.76. The number of benzene rings is 1. The number of hydrogen-bond acceptors (Lipinski definition) is 3. The third-order valence-corrected chi connectivity index (χ3v) is 3.10. The van der Waals surface area contributed by atoms with Crippen LogP contribution in [-0.2, 0) is 0 Å². The average molecular weight is 296 g/mol. The summed E-state index contributed by atoms with van der Waals surface area (Å²) in [5, 5.41) is 3.47. The van der Waals surface area contributed by atoms with Crippen molar-refractivity contribution in [2.45, 2.75) is 6.92 Å². The molecule has 0 aliphatic heterocycles. The molecule has 0 atom stereocenters. The number of amides is 1. The molecular weight excluding hydrogens is 285 g/mol. The molecular formula is C13H11Cl2N3O. The van der Waals surface area contributed by atoms with Gasteiger partial charge in [0.1, 0.15) is 5.15 Å². The number of anilines is 2. The van der Waals surface area contributed by atoms with E-state index in [1.54, 1.807) is 31.2 Å². The number of hydrogen-bond donors (Lipinski definition) is 2. The molecule has 2 rings (SSSR count). The zero-order valence-corrected chi connectivity index (χ0v) is 11.6. The first-order valence-corrected chi connectivity index (χ1v) is 6.22. The smallest absolute Gasteiger partial charge is 0.255 e. The number of carbonyl (C=O) groups is 1. The molecule has 98 valence electrons. The van der Waals surface area contributed by atoms with Crippen LogP contribution in [0.25, 0.3) is 0 Å². The molecule has 1 aromatic carbocycles. The maximum Gasteiger partial charge on any atom is 0.255 e. The predicted octanol–water partition coefficient (Wildman–Crippen LogP) is 3.53. The van der Waals surface area contributed by atoms with Crippen LogP contribution < -0.4 is 11.1 Å². The second-order valence-electron chi connectivity index (χ2n) is 3.96. The highest BCUT2D eigenvalue weighted by molar-refractivity contribution is 6.33. The van der Waals surface area contributed by atoms with Gasteiger partial charge in [-0.2, -0.15) is 0 Å². The quantitative estimate of drug-likeness (QED) is 0.658. The highest BCUT2D eigenvalue weighted by Gasteiger charge is 2.10. The Labute approximate surface area is 120 Å². The monoisotopic (exact) mass is 295 g/mol. The molecule has 0 spiro atoms. The normalized spacial score (nSPS) is 10.3. The lowest BCUT2D eigenvalue weighted by Gasteiger charge is -2.08. The van der Waals surface area contributed by atoms with E-state index in [0.717, 1.165) is 0 Å². The van der Waals surface area contributed by atoms with Gasteiger partial charge in [-0.15, -0.1) is 0 Å². The number of nitrogens with zero attached hydrogens (tertiary/aromatic N) is 1.